The van der Waals surface area contributed by atoms with Gasteiger partial charge in [0, 0.05) is 28.2 Å². The summed E-state index contributed by atoms with van der Waals surface area (Å²) in [4.78, 5) is 23.7. The fourth-order valence-electron chi connectivity index (χ4n) is 3.61. The van der Waals surface area contributed by atoms with Gasteiger partial charge in [0.25, 0.3) is 0 Å². The highest BCUT2D eigenvalue weighted by Gasteiger charge is 2.25. The first-order chi connectivity index (χ1) is 16.0. The van der Waals surface area contributed by atoms with E-state index in [1.807, 2.05) is 24.0 Å². The van der Waals surface area contributed by atoms with Crippen molar-refractivity contribution >= 4 is 46.3 Å². The molecule has 4 aromatic rings. The number of thiazole rings is 1. The number of H-pyrrole nitrogens is 1. The van der Waals surface area contributed by atoms with Gasteiger partial charge >= 0.3 is 0 Å². The molecule has 2 aromatic carbocycles. The second-order valence-electron chi connectivity index (χ2n) is 7.49. The van der Waals surface area contributed by atoms with Gasteiger partial charge in [-0.15, -0.1) is 16.4 Å². The summed E-state index contributed by atoms with van der Waals surface area (Å²) in [6.45, 7) is 2.94. The molecule has 0 saturated carbocycles. The average Bonchev–Trinajstić information content (AvgIpc) is 3.56. The topological polar surface area (TPSA) is 84.0 Å². The Morgan fingerprint density at radius 2 is 2.09 bits per heavy atom. The van der Waals surface area contributed by atoms with Crippen LogP contribution >= 0.6 is 34.7 Å². The predicted octanol–water partition coefficient (Wildman–Crippen LogP) is 5.15. The van der Waals surface area contributed by atoms with Crippen LogP contribution < -0.4 is 9.64 Å². The van der Waals surface area contributed by atoms with E-state index in [1.54, 1.807) is 35.6 Å². The molecule has 0 radical (unpaired) electrons. The highest BCUT2D eigenvalue weighted by Crippen LogP contribution is 2.33. The number of anilines is 1. The third-order valence-electron chi connectivity index (χ3n) is 5.22. The molecule has 0 saturated heterocycles. The lowest BCUT2D eigenvalue weighted by Crippen LogP contribution is -2.30. The van der Waals surface area contributed by atoms with Gasteiger partial charge in [0.15, 0.2) is 5.82 Å². The Bertz CT molecular complexity index is 1290. The first kappa shape index (κ1) is 21.9. The van der Waals surface area contributed by atoms with Crippen LogP contribution in [0.15, 0.2) is 53.0 Å². The van der Waals surface area contributed by atoms with Gasteiger partial charge in [0.1, 0.15) is 12.4 Å². The third-order valence-corrected chi connectivity index (χ3v) is 7.07. The number of benzene rings is 2. The van der Waals surface area contributed by atoms with Crippen molar-refractivity contribution in [2.45, 2.75) is 25.1 Å². The van der Waals surface area contributed by atoms with Crippen LogP contribution in [0.25, 0.3) is 11.3 Å². The number of carbonyl (C=O) groups excluding carboxylic acids is 1. The smallest absolute Gasteiger partial charge is 0.237 e. The van der Waals surface area contributed by atoms with Crippen LogP contribution in [0.3, 0.4) is 0 Å². The van der Waals surface area contributed by atoms with Gasteiger partial charge in [-0.3, -0.25) is 9.89 Å². The van der Waals surface area contributed by atoms with Crippen molar-refractivity contribution in [1.29, 1.82) is 0 Å². The van der Waals surface area contributed by atoms with Crippen LogP contribution in [0, 0.1) is 6.92 Å². The Morgan fingerprint density at radius 1 is 1.24 bits per heavy atom. The first-order valence-electron chi connectivity index (χ1n) is 10.3. The molecule has 10 heteroatoms. The summed E-state index contributed by atoms with van der Waals surface area (Å²) in [6, 6.07) is 13.3. The van der Waals surface area contributed by atoms with E-state index in [4.69, 9.17) is 16.3 Å². The maximum Gasteiger partial charge on any atom is 0.237 e. The molecule has 0 bridgehead atoms. The van der Waals surface area contributed by atoms with E-state index >= 15 is 0 Å². The molecule has 0 spiro atoms. The minimum atomic E-state index is 0.0415. The molecule has 0 fully saturated rings. The number of ether oxygens (including phenoxy) is 1. The van der Waals surface area contributed by atoms with Crippen molar-refractivity contribution < 1.29 is 9.53 Å². The van der Waals surface area contributed by atoms with Crippen LogP contribution in [-0.4, -0.2) is 38.4 Å². The molecular formula is C23H20ClN5O2S2. The van der Waals surface area contributed by atoms with Gasteiger partial charge in [0.2, 0.25) is 11.1 Å². The summed E-state index contributed by atoms with van der Waals surface area (Å²) in [6.07, 6.45) is 0.843. The lowest BCUT2D eigenvalue weighted by atomic mass is 10.1. The van der Waals surface area contributed by atoms with Crippen LogP contribution in [0.4, 0.5) is 5.69 Å². The number of rotatable bonds is 7. The van der Waals surface area contributed by atoms with E-state index < -0.39 is 0 Å². The number of carbonyl (C=O) groups is 1. The van der Waals surface area contributed by atoms with Crippen LogP contribution in [0.5, 0.6) is 5.75 Å². The second kappa shape index (κ2) is 9.54. The van der Waals surface area contributed by atoms with E-state index in [2.05, 4.69) is 31.6 Å². The molecule has 168 valence electrons. The maximum atomic E-state index is 12.9. The summed E-state index contributed by atoms with van der Waals surface area (Å²) < 4.78 is 5.67. The molecule has 3 heterocycles. The Kier molecular flexibility index (Phi) is 6.34. The van der Waals surface area contributed by atoms with Crippen LogP contribution in [-0.2, 0) is 17.8 Å². The number of aryl methyl sites for hydroxylation is 1. The van der Waals surface area contributed by atoms with Crippen molar-refractivity contribution in [2.24, 2.45) is 0 Å². The van der Waals surface area contributed by atoms with Gasteiger partial charge in [-0.25, -0.2) is 9.97 Å². The number of amides is 1. The van der Waals surface area contributed by atoms with Crippen molar-refractivity contribution in [1.82, 2.24) is 20.2 Å². The molecule has 5 rings (SSSR count). The molecule has 1 aliphatic heterocycles. The SMILES string of the molecule is Cc1nc(-c2ccc3c(c2)CCN3C(=O)CSc2n[nH]c(COc3ccc(Cl)cc3)n2)cs1. The summed E-state index contributed by atoms with van der Waals surface area (Å²) in [5.41, 5.74) is 4.23. The van der Waals surface area contributed by atoms with Crippen LogP contribution in [0.1, 0.15) is 16.4 Å². The molecule has 1 amide bonds. The van der Waals surface area contributed by atoms with E-state index in [0.29, 0.717) is 28.3 Å². The van der Waals surface area contributed by atoms with Crippen molar-refractivity contribution in [2.75, 3.05) is 17.2 Å². The quantitative estimate of drug-likeness (QED) is 0.355. The standard InChI is InChI=1S/C23H20ClN5O2S2/c1-14-25-19(12-32-14)15-2-7-20-16(10-15)8-9-29(20)22(30)13-33-23-26-21(27-28-23)11-31-18-5-3-17(24)4-6-18/h2-7,10,12H,8-9,11,13H2,1H3,(H,26,27,28). The molecule has 1 aliphatic rings. The molecule has 0 unspecified atom stereocenters. The number of hydrogen-bond donors (Lipinski definition) is 1. The van der Waals surface area contributed by atoms with Gasteiger partial charge in [-0.05, 0) is 55.3 Å². The van der Waals surface area contributed by atoms with Gasteiger partial charge in [-0.1, -0.05) is 29.4 Å². The number of thioether (sulfide) groups is 1. The normalized spacial score (nSPS) is 12.7. The molecular weight excluding hydrogens is 478 g/mol. The zero-order valence-corrected chi connectivity index (χ0v) is 20.1. The number of nitrogens with zero attached hydrogens (tertiary/aromatic N) is 4. The number of aromatic amines is 1. The average molecular weight is 498 g/mol. The lowest BCUT2D eigenvalue weighted by molar-refractivity contribution is -0.116. The van der Waals surface area contributed by atoms with Gasteiger partial charge < -0.3 is 9.64 Å². The molecule has 2 aromatic heterocycles. The van der Waals surface area contributed by atoms with E-state index in [1.165, 1.54) is 17.3 Å². The van der Waals surface area contributed by atoms with Crippen LogP contribution in [0.2, 0.25) is 5.02 Å². The first-order valence-corrected chi connectivity index (χ1v) is 12.6. The summed E-state index contributed by atoms with van der Waals surface area (Å²) in [5.74, 6) is 1.60. The van der Waals surface area contributed by atoms with Crippen molar-refractivity contribution in [3.63, 3.8) is 0 Å². The number of hydrogen-bond acceptors (Lipinski definition) is 7. The predicted molar refractivity (Wildman–Crippen MR) is 131 cm³/mol. The number of aromatic nitrogens is 4. The second-order valence-corrected chi connectivity index (χ2v) is 9.93. The minimum absolute atomic E-state index is 0.0415. The van der Waals surface area contributed by atoms with Crippen molar-refractivity contribution in [3.05, 3.63) is 69.3 Å². The monoisotopic (exact) mass is 497 g/mol. The largest absolute Gasteiger partial charge is 0.486 e. The fraction of sp³-hybridized carbons (Fsp3) is 0.217. The number of nitrogens with one attached hydrogen (secondary N) is 1. The third kappa shape index (κ3) is 5.05. The maximum absolute atomic E-state index is 12.9. The zero-order chi connectivity index (χ0) is 22.8. The molecule has 7 nitrogen and oxygen atoms in total. The van der Waals surface area contributed by atoms with E-state index in [-0.39, 0.29) is 18.3 Å². The molecule has 33 heavy (non-hydrogen) atoms. The number of halogens is 1. The Morgan fingerprint density at radius 3 is 2.88 bits per heavy atom. The summed E-state index contributed by atoms with van der Waals surface area (Å²) in [7, 11) is 0. The van der Waals surface area contributed by atoms with E-state index in [0.717, 1.165) is 28.4 Å². The molecule has 1 N–H and O–H groups in total. The number of fused-ring (bicyclic) bond motifs is 1. The van der Waals surface area contributed by atoms with E-state index in [9.17, 15) is 4.79 Å². The van der Waals surface area contributed by atoms with Gasteiger partial charge in [-0.2, -0.15) is 0 Å². The minimum Gasteiger partial charge on any atom is -0.486 e. The zero-order valence-electron chi connectivity index (χ0n) is 17.7. The summed E-state index contributed by atoms with van der Waals surface area (Å²) in [5, 5.41) is 11.3. The Hall–Kier alpha value is -2.88. The highest BCUT2D eigenvalue weighted by atomic mass is 35.5. The fourth-order valence-corrected chi connectivity index (χ4v) is 5.05. The summed E-state index contributed by atoms with van der Waals surface area (Å²) >= 11 is 8.83. The molecule has 0 atom stereocenters. The Balaban J connectivity index is 1.17. The van der Waals surface area contributed by atoms with Gasteiger partial charge in [0.05, 0.1) is 16.5 Å². The molecule has 0 aliphatic carbocycles. The highest BCUT2D eigenvalue weighted by molar-refractivity contribution is 7.99. The van der Waals surface area contributed by atoms with Crippen molar-refractivity contribution in [3.8, 4) is 17.0 Å². The Labute approximate surface area is 204 Å². The lowest BCUT2D eigenvalue weighted by Gasteiger charge is -2.17.